The first-order valence-electron chi connectivity index (χ1n) is 2.04. The highest BCUT2D eigenvalue weighted by molar-refractivity contribution is 9.10. The number of aldehydes is 1. The van der Waals surface area contributed by atoms with Crippen molar-refractivity contribution in [1.82, 2.24) is 4.98 Å². The van der Waals surface area contributed by atoms with Crippen LogP contribution in [0.4, 0.5) is 0 Å². The van der Waals surface area contributed by atoms with Crippen LogP contribution < -0.4 is 0 Å². The molecule has 0 saturated carbocycles. The molecular formula is C4H2BrNOS2. The Bertz CT molecular complexity index is 215. The number of carbonyl (C=O) groups excluding carboxylic acids is 1. The zero-order valence-electron chi connectivity index (χ0n) is 4.17. The average molecular weight is 224 g/mol. The summed E-state index contributed by atoms with van der Waals surface area (Å²) in [7, 11) is 0. The van der Waals surface area contributed by atoms with E-state index in [1.54, 1.807) is 0 Å². The van der Waals surface area contributed by atoms with Crippen LogP contribution in [0.1, 0.15) is 9.80 Å². The molecule has 0 atom stereocenters. The third kappa shape index (κ3) is 1.53. The second-order valence-electron chi connectivity index (χ2n) is 1.27. The van der Waals surface area contributed by atoms with Gasteiger partial charge in [0.15, 0.2) is 11.3 Å². The van der Waals surface area contributed by atoms with Crippen molar-refractivity contribution in [2.24, 2.45) is 0 Å². The fourth-order valence-electron chi connectivity index (χ4n) is 0.359. The maximum Gasteiger partial charge on any atom is 0.178 e. The molecule has 1 aromatic heterocycles. The van der Waals surface area contributed by atoms with E-state index in [0.717, 1.165) is 4.21 Å². The number of aromatic nitrogens is 1. The van der Waals surface area contributed by atoms with Crippen LogP contribution in [0.25, 0.3) is 0 Å². The zero-order valence-corrected chi connectivity index (χ0v) is 7.46. The van der Waals surface area contributed by atoms with Crippen LogP contribution >= 0.6 is 39.9 Å². The van der Waals surface area contributed by atoms with Gasteiger partial charge in [0, 0.05) is 0 Å². The number of thiol groups is 1. The largest absolute Gasteiger partial charge is 0.295 e. The lowest BCUT2D eigenvalue weighted by molar-refractivity contribution is 0.112. The maximum atomic E-state index is 10.1. The van der Waals surface area contributed by atoms with Crippen LogP contribution in [0.5, 0.6) is 0 Å². The van der Waals surface area contributed by atoms with Crippen molar-refractivity contribution < 1.29 is 4.79 Å². The molecule has 0 bridgehead atoms. The van der Waals surface area contributed by atoms with E-state index in [1.807, 2.05) is 0 Å². The van der Waals surface area contributed by atoms with E-state index in [4.69, 9.17) is 0 Å². The van der Waals surface area contributed by atoms with Gasteiger partial charge in [0.05, 0.1) is 4.21 Å². The summed E-state index contributed by atoms with van der Waals surface area (Å²) < 4.78 is 1.37. The Labute approximate surface area is 69.8 Å². The van der Waals surface area contributed by atoms with Crippen molar-refractivity contribution in [3.05, 3.63) is 9.61 Å². The van der Waals surface area contributed by atoms with E-state index in [-0.39, 0.29) is 0 Å². The predicted molar refractivity (Wildman–Crippen MR) is 42.5 cm³/mol. The Morgan fingerprint density at radius 2 is 2.44 bits per heavy atom. The van der Waals surface area contributed by atoms with Crippen molar-refractivity contribution in [2.75, 3.05) is 0 Å². The molecule has 0 aliphatic rings. The number of carbonyl (C=O) groups is 1. The Balaban J connectivity index is 3.11. The molecule has 2 nitrogen and oxygen atoms in total. The molecule has 0 unspecified atom stereocenters. The SMILES string of the molecule is O=Cc1nc(Br)c(S)s1. The summed E-state index contributed by atoms with van der Waals surface area (Å²) in [6.07, 6.45) is 0.704. The third-order valence-corrected chi connectivity index (χ3v) is 3.10. The second-order valence-corrected chi connectivity index (χ2v) is 3.80. The van der Waals surface area contributed by atoms with Crippen LogP contribution in [0.2, 0.25) is 0 Å². The summed E-state index contributed by atoms with van der Waals surface area (Å²) in [4.78, 5) is 13.9. The normalized spacial score (nSPS) is 9.56. The van der Waals surface area contributed by atoms with Gasteiger partial charge in [0.2, 0.25) is 0 Å². The minimum absolute atomic E-state index is 0.451. The van der Waals surface area contributed by atoms with Gasteiger partial charge in [-0.15, -0.1) is 24.0 Å². The van der Waals surface area contributed by atoms with Gasteiger partial charge in [-0.2, -0.15) is 0 Å². The molecule has 0 aromatic carbocycles. The maximum absolute atomic E-state index is 10.1. The Morgan fingerprint density at radius 1 is 1.78 bits per heavy atom. The monoisotopic (exact) mass is 223 g/mol. The van der Waals surface area contributed by atoms with E-state index >= 15 is 0 Å². The lowest BCUT2D eigenvalue weighted by Gasteiger charge is -1.73. The predicted octanol–water partition coefficient (Wildman–Crippen LogP) is 2.01. The van der Waals surface area contributed by atoms with Gasteiger partial charge in [-0.25, -0.2) is 4.98 Å². The summed E-state index contributed by atoms with van der Waals surface area (Å²) in [6, 6.07) is 0. The standard InChI is InChI=1S/C4H2BrNOS2/c5-3-4(8)9-2(1-7)6-3/h1,8H. The molecule has 1 rings (SSSR count). The van der Waals surface area contributed by atoms with Crippen molar-refractivity contribution in [2.45, 2.75) is 4.21 Å². The molecule has 1 heterocycles. The Kier molecular flexibility index (Phi) is 2.26. The van der Waals surface area contributed by atoms with Gasteiger partial charge in [0.25, 0.3) is 0 Å². The van der Waals surface area contributed by atoms with Crippen LogP contribution in [-0.2, 0) is 0 Å². The number of halogens is 1. The number of rotatable bonds is 1. The summed E-state index contributed by atoms with van der Waals surface area (Å²) in [6.45, 7) is 0. The van der Waals surface area contributed by atoms with Crippen molar-refractivity contribution >= 4 is 46.2 Å². The van der Waals surface area contributed by atoms with Crippen LogP contribution in [-0.4, -0.2) is 11.3 Å². The van der Waals surface area contributed by atoms with E-state index in [0.29, 0.717) is 15.9 Å². The fourth-order valence-corrected chi connectivity index (χ4v) is 1.75. The van der Waals surface area contributed by atoms with E-state index in [1.165, 1.54) is 11.3 Å². The number of thiazole rings is 1. The molecule has 0 N–H and O–H groups in total. The second kappa shape index (κ2) is 2.81. The molecule has 0 fully saturated rings. The Hall–Kier alpha value is 0.130. The van der Waals surface area contributed by atoms with Gasteiger partial charge in [0.1, 0.15) is 4.60 Å². The summed E-state index contributed by atoms with van der Waals surface area (Å²) >= 11 is 8.40. The lowest BCUT2D eigenvalue weighted by Crippen LogP contribution is -1.72. The van der Waals surface area contributed by atoms with E-state index < -0.39 is 0 Å². The first kappa shape index (κ1) is 7.24. The van der Waals surface area contributed by atoms with Crippen LogP contribution in [0, 0.1) is 0 Å². The average Bonchev–Trinajstić information content (AvgIpc) is 2.13. The van der Waals surface area contributed by atoms with Gasteiger partial charge in [-0.1, -0.05) is 0 Å². The first-order chi connectivity index (χ1) is 4.24. The van der Waals surface area contributed by atoms with Gasteiger partial charge in [-0.3, -0.25) is 4.79 Å². The van der Waals surface area contributed by atoms with Crippen LogP contribution in [0.15, 0.2) is 8.81 Å². The molecule has 0 radical (unpaired) electrons. The van der Waals surface area contributed by atoms with E-state index in [9.17, 15) is 4.79 Å². The molecule has 48 valence electrons. The third-order valence-electron chi connectivity index (χ3n) is 0.687. The highest BCUT2D eigenvalue weighted by atomic mass is 79.9. The van der Waals surface area contributed by atoms with Crippen molar-refractivity contribution in [1.29, 1.82) is 0 Å². The number of hydrogen-bond acceptors (Lipinski definition) is 4. The van der Waals surface area contributed by atoms with E-state index in [2.05, 4.69) is 33.5 Å². The minimum Gasteiger partial charge on any atom is -0.295 e. The summed E-state index contributed by atoms with van der Waals surface area (Å²) in [5.74, 6) is 0. The highest BCUT2D eigenvalue weighted by Crippen LogP contribution is 2.25. The van der Waals surface area contributed by atoms with Gasteiger partial charge >= 0.3 is 0 Å². The van der Waals surface area contributed by atoms with Crippen molar-refractivity contribution in [3.63, 3.8) is 0 Å². The Morgan fingerprint density at radius 3 is 2.67 bits per heavy atom. The summed E-state index contributed by atoms with van der Waals surface area (Å²) in [5, 5.41) is 0.451. The molecule has 0 aliphatic heterocycles. The fraction of sp³-hybridized carbons (Fsp3) is 0. The highest BCUT2D eigenvalue weighted by Gasteiger charge is 2.02. The number of nitrogens with zero attached hydrogens (tertiary/aromatic N) is 1. The first-order valence-corrected chi connectivity index (χ1v) is 4.10. The zero-order chi connectivity index (χ0) is 6.85. The topological polar surface area (TPSA) is 30.0 Å². The molecule has 0 amide bonds. The quantitative estimate of drug-likeness (QED) is 0.584. The minimum atomic E-state index is 0.451. The molecule has 1 aromatic rings. The smallest absolute Gasteiger partial charge is 0.178 e. The molecule has 0 aliphatic carbocycles. The summed E-state index contributed by atoms with van der Waals surface area (Å²) in [5.41, 5.74) is 0. The van der Waals surface area contributed by atoms with Crippen molar-refractivity contribution in [3.8, 4) is 0 Å². The van der Waals surface area contributed by atoms with Gasteiger partial charge < -0.3 is 0 Å². The van der Waals surface area contributed by atoms with Gasteiger partial charge in [-0.05, 0) is 15.9 Å². The molecule has 0 spiro atoms. The molecular weight excluding hydrogens is 222 g/mol. The lowest BCUT2D eigenvalue weighted by atomic mass is 10.8. The van der Waals surface area contributed by atoms with Crippen LogP contribution in [0.3, 0.4) is 0 Å². The number of hydrogen-bond donors (Lipinski definition) is 1. The molecule has 5 heteroatoms. The molecule has 0 saturated heterocycles. The molecule has 9 heavy (non-hydrogen) atoms.